The molecule has 1 aliphatic rings. The third-order valence-electron chi connectivity index (χ3n) is 4.06. The van der Waals surface area contributed by atoms with Crippen LogP contribution in [0.1, 0.15) is 29.8 Å². The Labute approximate surface area is 147 Å². The Hall–Kier alpha value is -2.06. The Bertz CT molecular complexity index is 851. The molecule has 0 atom stereocenters. The minimum atomic E-state index is -3.66. The molecule has 134 valence electrons. The van der Waals surface area contributed by atoms with Crippen LogP contribution >= 0.6 is 0 Å². The summed E-state index contributed by atoms with van der Waals surface area (Å²) >= 11 is 0. The Balaban J connectivity index is 1.69. The molecule has 1 aliphatic heterocycles. The van der Waals surface area contributed by atoms with Crippen molar-refractivity contribution in [1.82, 2.24) is 14.7 Å². The van der Waals surface area contributed by atoms with Gasteiger partial charge in [0.25, 0.3) is 0 Å². The third-order valence-corrected chi connectivity index (χ3v) is 5.34. The fraction of sp³-hybridized carbons (Fsp3) is 0.412. The van der Waals surface area contributed by atoms with Gasteiger partial charge in [-0.25, -0.2) is 27.5 Å². The average Bonchev–Trinajstić information content (AvgIpc) is 3.09. The summed E-state index contributed by atoms with van der Waals surface area (Å²) in [5, 5.41) is 0. The maximum atomic E-state index is 13.6. The predicted octanol–water partition coefficient (Wildman–Crippen LogP) is 2.14. The molecule has 25 heavy (non-hydrogen) atoms. The Morgan fingerprint density at radius 2 is 1.92 bits per heavy atom. The zero-order valence-corrected chi connectivity index (χ0v) is 14.9. The molecular formula is C17H21FN4O2S. The molecule has 1 N–H and O–H groups in total. The highest BCUT2D eigenvalue weighted by atomic mass is 32.2. The van der Waals surface area contributed by atoms with E-state index < -0.39 is 21.6 Å². The lowest BCUT2D eigenvalue weighted by molar-refractivity contribution is 0.573. The van der Waals surface area contributed by atoms with Crippen LogP contribution < -0.4 is 9.62 Å². The number of aryl methyl sites for hydroxylation is 1. The number of halogens is 1. The summed E-state index contributed by atoms with van der Waals surface area (Å²) in [5.74, 6) is -0.286. The normalized spacial score (nSPS) is 14.9. The van der Waals surface area contributed by atoms with Crippen molar-refractivity contribution in [3.63, 3.8) is 0 Å². The molecule has 0 spiro atoms. The highest BCUT2D eigenvalue weighted by Crippen LogP contribution is 2.17. The second kappa shape index (κ2) is 7.45. The van der Waals surface area contributed by atoms with Crippen LogP contribution in [-0.2, 0) is 22.3 Å². The maximum Gasteiger partial charge on any atom is 0.225 e. The molecule has 0 bridgehead atoms. The van der Waals surface area contributed by atoms with E-state index in [9.17, 15) is 12.8 Å². The first kappa shape index (κ1) is 17.8. The summed E-state index contributed by atoms with van der Waals surface area (Å²) in [6, 6.07) is 7.62. The van der Waals surface area contributed by atoms with Crippen LogP contribution in [0.5, 0.6) is 0 Å². The van der Waals surface area contributed by atoms with E-state index in [2.05, 4.69) is 19.6 Å². The molecule has 6 nitrogen and oxygen atoms in total. The SMILES string of the molecule is Cc1cc(CNS(=O)(=O)Cc2ccccc2F)nc(N2CCCC2)n1. The second-order valence-electron chi connectivity index (χ2n) is 6.17. The summed E-state index contributed by atoms with van der Waals surface area (Å²) in [4.78, 5) is 11.0. The predicted molar refractivity (Wildman–Crippen MR) is 94.1 cm³/mol. The lowest BCUT2D eigenvalue weighted by atomic mass is 10.2. The Morgan fingerprint density at radius 1 is 1.20 bits per heavy atom. The second-order valence-corrected chi connectivity index (χ2v) is 7.97. The van der Waals surface area contributed by atoms with Gasteiger partial charge < -0.3 is 4.90 Å². The first-order valence-corrected chi connectivity index (χ1v) is 9.88. The highest BCUT2D eigenvalue weighted by Gasteiger charge is 2.18. The molecule has 1 saturated heterocycles. The maximum absolute atomic E-state index is 13.6. The average molecular weight is 364 g/mol. The Kier molecular flexibility index (Phi) is 5.29. The molecule has 2 heterocycles. The molecule has 0 amide bonds. The van der Waals surface area contributed by atoms with Crippen molar-refractivity contribution < 1.29 is 12.8 Å². The van der Waals surface area contributed by atoms with Gasteiger partial charge in [0.2, 0.25) is 16.0 Å². The number of nitrogens with zero attached hydrogens (tertiary/aromatic N) is 3. The molecule has 8 heteroatoms. The van der Waals surface area contributed by atoms with Crippen LogP contribution in [0.2, 0.25) is 0 Å². The highest BCUT2D eigenvalue weighted by molar-refractivity contribution is 7.88. The summed E-state index contributed by atoms with van der Waals surface area (Å²) < 4.78 is 40.6. The number of nitrogens with one attached hydrogen (secondary N) is 1. The molecule has 0 saturated carbocycles. The van der Waals surface area contributed by atoms with E-state index in [1.165, 1.54) is 18.2 Å². The summed E-state index contributed by atoms with van der Waals surface area (Å²) in [7, 11) is -3.66. The standard InChI is InChI=1S/C17H21FN4O2S/c1-13-10-15(21-17(20-13)22-8-4-5-9-22)11-19-25(23,24)12-14-6-2-3-7-16(14)18/h2-3,6-7,10,19H,4-5,8-9,11-12H2,1H3. The van der Waals surface area contributed by atoms with Crippen LogP contribution in [0.25, 0.3) is 0 Å². The van der Waals surface area contributed by atoms with Gasteiger partial charge >= 0.3 is 0 Å². The van der Waals surface area contributed by atoms with Gasteiger partial charge in [0.05, 0.1) is 18.0 Å². The molecule has 0 aliphatic carbocycles. The minimum absolute atomic E-state index is 0.0565. The molecule has 2 aromatic rings. The van der Waals surface area contributed by atoms with Gasteiger partial charge in [-0.1, -0.05) is 18.2 Å². The van der Waals surface area contributed by atoms with Gasteiger partial charge in [0, 0.05) is 24.3 Å². The van der Waals surface area contributed by atoms with Crippen LogP contribution in [0.4, 0.5) is 10.3 Å². The number of sulfonamides is 1. The first-order chi connectivity index (χ1) is 11.9. The number of hydrogen-bond donors (Lipinski definition) is 1. The Morgan fingerprint density at radius 3 is 2.64 bits per heavy atom. The van der Waals surface area contributed by atoms with Gasteiger partial charge in [-0.3, -0.25) is 0 Å². The van der Waals surface area contributed by atoms with Crippen molar-refractivity contribution in [3.05, 3.63) is 53.1 Å². The first-order valence-electron chi connectivity index (χ1n) is 8.23. The number of anilines is 1. The van der Waals surface area contributed by atoms with Crippen LogP contribution in [0.3, 0.4) is 0 Å². The van der Waals surface area contributed by atoms with Crippen LogP contribution in [0.15, 0.2) is 30.3 Å². The smallest absolute Gasteiger partial charge is 0.225 e. The van der Waals surface area contributed by atoms with Gasteiger partial charge in [-0.15, -0.1) is 0 Å². The van der Waals surface area contributed by atoms with Crippen molar-refractivity contribution in [2.24, 2.45) is 0 Å². The zero-order valence-electron chi connectivity index (χ0n) is 14.1. The van der Waals surface area contributed by atoms with Crippen LogP contribution in [0, 0.1) is 12.7 Å². The van der Waals surface area contributed by atoms with E-state index >= 15 is 0 Å². The lowest BCUT2D eigenvalue weighted by Gasteiger charge is -2.16. The van der Waals surface area contributed by atoms with E-state index in [0.29, 0.717) is 11.6 Å². The monoisotopic (exact) mass is 364 g/mol. The van der Waals surface area contributed by atoms with Crippen molar-refractivity contribution in [3.8, 4) is 0 Å². The van der Waals surface area contributed by atoms with Gasteiger partial charge in [0.1, 0.15) is 5.82 Å². The van der Waals surface area contributed by atoms with Crippen molar-refractivity contribution in [2.45, 2.75) is 32.1 Å². The summed E-state index contributed by atoms with van der Waals surface area (Å²) in [5.41, 5.74) is 1.54. The molecule has 1 aromatic heterocycles. The summed E-state index contributed by atoms with van der Waals surface area (Å²) in [6.45, 7) is 3.75. The van der Waals surface area contributed by atoms with E-state index in [1.54, 1.807) is 12.1 Å². The molecule has 0 radical (unpaired) electrons. The van der Waals surface area contributed by atoms with Crippen molar-refractivity contribution in [1.29, 1.82) is 0 Å². The van der Waals surface area contributed by atoms with Gasteiger partial charge in [0.15, 0.2) is 0 Å². The fourth-order valence-corrected chi connectivity index (χ4v) is 3.93. The zero-order chi connectivity index (χ0) is 17.9. The quantitative estimate of drug-likeness (QED) is 0.850. The number of benzene rings is 1. The van der Waals surface area contributed by atoms with Crippen molar-refractivity contribution >= 4 is 16.0 Å². The van der Waals surface area contributed by atoms with E-state index in [4.69, 9.17) is 0 Å². The molecule has 3 rings (SSSR count). The molecule has 0 unspecified atom stereocenters. The number of hydrogen-bond acceptors (Lipinski definition) is 5. The molecular weight excluding hydrogens is 343 g/mol. The van der Waals surface area contributed by atoms with E-state index in [-0.39, 0.29) is 12.1 Å². The van der Waals surface area contributed by atoms with Crippen molar-refractivity contribution in [2.75, 3.05) is 18.0 Å². The number of aromatic nitrogens is 2. The lowest BCUT2D eigenvalue weighted by Crippen LogP contribution is -2.27. The van der Waals surface area contributed by atoms with Gasteiger partial charge in [-0.2, -0.15) is 0 Å². The minimum Gasteiger partial charge on any atom is -0.341 e. The molecule has 1 aromatic carbocycles. The van der Waals surface area contributed by atoms with Gasteiger partial charge in [-0.05, 0) is 31.9 Å². The summed E-state index contributed by atoms with van der Waals surface area (Å²) in [6.07, 6.45) is 2.23. The third kappa shape index (κ3) is 4.73. The van der Waals surface area contributed by atoms with Crippen LogP contribution in [-0.4, -0.2) is 31.5 Å². The fourth-order valence-electron chi connectivity index (χ4n) is 2.82. The van der Waals surface area contributed by atoms with E-state index in [0.717, 1.165) is 31.6 Å². The number of rotatable bonds is 6. The topological polar surface area (TPSA) is 75.2 Å². The largest absolute Gasteiger partial charge is 0.341 e. The molecule has 1 fully saturated rings. The van der Waals surface area contributed by atoms with E-state index in [1.807, 2.05) is 6.92 Å².